The summed E-state index contributed by atoms with van der Waals surface area (Å²) in [5.74, 6) is 0.0585. The molecular formula is C16H12Cl2N6O. The van der Waals surface area contributed by atoms with Crippen LogP contribution < -0.4 is 5.43 Å². The maximum absolute atomic E-state index is 11.9. The highest BCUT2D eigenvalue weighted by atomic mass is 35.5. The first-order chi connectivity index (χ1) is 12.1. The van der Waals surface area contributed by atoms with Crippen LogP contribution >= 0.6 is 23.2 Å². The lowest BCUT2D eigenvalue weighted by atomic mass is 10.2. The highest BCUT2D eigenvalue weighted by Crippen LogP contribution is 2.19. The van der Waals surface area contributed by atoms with Crippen molar-refractivity contribution < 1.29 is 4.79 Å². The van der Waals surface area contributed by atoms with Gasteiger partial charge in [-0.25, -0.2) is 5.43 Å². The van der Waals surface area contributed by atoms with Crippen LogP contribution in [-0.2, 0) is 11.3 Å². The van der Waals surface area contributed by atoms with E-state index in [2.05, 4.69) is 25.9 Å². The summed E-state index contributed by atoms with van der Waals surface area (Å²) in [5.41, 5.74) is 3.84. The Labute approximate surface area is 153 Å². The summed E-state index contributed by atoms with van der Waals surface area (Å²) >= 11 is 11.8. The van der Waals surface area contributed by atoms with Gasteiger partial charge in [0, 0.05) is 16.1 Å². The number of nitrogens with zero attached hydrogens (tertiary/aromatic N) is 5. The van der Waals surface area contributed by atoms with Gasteiger partial charge in [0.1, 0.15) is 6.54 Å². The van der Waals surface area contributed by atoms with E-state index in [1.165, 1.54) is 11.0 Å². The number of amides is 1. The van der Waals surface area contributed by atoms with Gasteiger partial charge in [-0.15, -0.1) is 10.2 Å². The van der Waals surface area contributed by atoms with Crippen LogP contribution in [0.3, 0.4) is 0 Å². The van der Waals surface area contributed by atoms with Gasteiger partial charge in [-0.1, -0.05) is 59.6 Å². The molecule has 0 aliphatic carbocycles. The van der Waals surface area contributed by atoms with Crippen LogP contribution in [-0.4, -0.2) is 32.3 Å². The number of hydrogen-bond donors (Lipinski definition) is 1. The number of aromatic nitrogens is 4. The third kappa shape index (κ3) is 4.62. The van der Waals surface area contributed by atoms with Gasteiger partial charge in [0.25, 0.3) is 5.91 Å². The Morgan fingerprint density at radius 1 is 1.20 bits per heavy atom. The predicted octanol–water partition coefficient (Wildman–Crippen LogP) is 2.80. The van der Waals surface area contributed by atoms with Gasteiger partial charge >= 0.3 is 0 Å². The summed E-state index contributed by atoms with van der Waals surface area (Å²) in [6.07, 6.45) is 1.43. The van der Waals surface area contributed by atoms with Crippen LogP contribution in [0.4, 0.5) is 0 Å². The first kappa shape index (κ1) is 17.1. The molecular weight excluding hydrogens is 363 g/mol. The van der Waals surface area contributed by atoms with E-state index in [0.29, 0.717) is 21.4 Å². The number of carbonyl (C=O) groups is 1. The van der Waals surface area contributed by atoms with E-state index < -0.39 is 5.91 Å². The summed E-state index contributed by atoms with van der Waals surface area (Å²) in [5, 5.41) is 16.7. The Morgan fingerprint density at radius 2 is 2.00 bits per heavy atom. The number of halogens is 2. The SMILES string of the molecule is O=C(Cn1nnc(-c2ccccc2)n1)N/N=C/c1ccc(Cl)cc1Cl. The third-order valence-corrected chi connectivity index (χ3v) is 3.69. The Kier molecular flexibility index (Phi) is 5.37. The molecule has 3 aromatic rings. The molecule has 0 bridgehead atoms. The number of hydrogen-bond acceptors (Lipinski definition) is 5. The molecule has 1 aromatic heterocycles. The summed E-state index contributed by atoms with van der Waals surface area (Å²) in [4.78, 5) is 13.1. The van der Waals surface area contributed by atoms with Crippen LogP contribution in [0.5, 0.6) is 0 Å². The molecule has 0 spiro atoms. The molecule has 2 aromatic carbocycles. The molecule has 1 N–H and O–H groups in total. The van der Waals surface area contributed by atoms with Crippen molar-refractivity contribution in [2.24, 2.45) is 5.10 Å². The molecule has 0 unspecified atom stereocenters. The zero-order valence-electron chi connectivity index (χ0n) is 12.8. The molecule has 0 aliphatic rings. The monoisotopic (exact) mass is 374 g/mol. The normalized spacial score (nSPS) is 11.0. The fraction of sp³-hybridized carbons (Fsp3) is 0.0625. The van der Waals surface area contributed by atoms with E-state index in [-0.39, 0.29) is 6.54 Å². The second-order valence-electron chi connectivity index (χ2n) is 4.97. The number of benzene rings is 2. The van der Waals surface area contributed by atoms with Crippen molar-refractivity contribution in [3.05, 3.63) is 64.1 Å². The van der Waals surface area contributed by atoms with Gasteiger partial charge in [0.2, 0.25) is 5.82 Å². The molecule has 0 saturated heterocycles. The predicted molar refractivity (Wildman–Crippen MR) is 95.5 cm³/mol. The van der Waals surface area contributed by atoms with Crippen molar-refractivity contribution in [1.82, 2.24) is 25.6 Å². The van der Waals surface area contributed by atoms with E-state index in [4.69, 9.17) is 23.2 Å². The second-order valence-corrected chi connectivity index (χ2v) is 5.81. The molecule has 0 fully saturated rings. The van der Waals surface area contributed by atoms with Gasteiger partial charge in [0.15, 0.2) is 0 Å². The fourth-order valence-electron chi connectivity index (χ4n) is 1.96. The Morgan fingerprint density at radius 3 is 2.76 bits per heavy atom. The highest BCUT2D eigenvalue weighted by Gasteiger charge is 2.08. The van der Waals surface area contributed by atoms with E-state index in [1.807, 2.05) is 30.3 Å². The number of nitrogens with one attached hydrogen (secondary N) is 1. The zero-order chi connectivity index (χ0) is 17.6. The third-order valence-electron chi connectivity index (χ3n) is 3.13. The molecule has 126 valence electrons. The number of rotatable bonds is 5. The fourth-order valence-corrected chi connectivity index (χ4v) is 2.41. The van der Waals surface area contributed by atoms with Crippen molar-refractivity contribution in [3.8, 4) is 11.4 Å². The molecule has 1 amide bonds. The molecule has 25 heavy (non-hydrogen) atoms. The maximum Gasteiger partial charge on any atom is 0.263 e. The zero-order valence-corrected chi connectivity index (χ0v) is 14.3. The van der Waals surface area contributed by atoms with Crippen LogP contribution in [0, 0.1) is 0 Å². The van der Waals surface area contributed by atoms with Gasteiger partial charge in [-0.05, 0) is 17.3 Å². The molecule has 1 heterocycles. The molecule has 3 rings (SSSR count). The summed E-state index contributed by atoms with van der Waals surface area (Å²) < 4.78 is 0. The minimum absolute atomic E-state index is 0.106. The summed E-state index contributed by atoms with van der Waals surface area (Å²) in [6.45, 7) is -0.106. The Bertz CT molecular complexity index is 910. The Hall–Kier alpha value is -2.77. The standard InChI is InChI=1S/C16H12Cl2N6O/c17-13-7-6-12(14(18)8-13)9-19-20-15(25)10-24-22-16(21-23-24)11-4-2-1-3-5-11/h1-9H,10H2,(H,20,25)/b19-9+. The van der Waals surface area contributed by atoms with Gasteiger partial charge in [-0.2, -0.15) is 9.90 Å². The van der Waals surface area contributed by atoms with E-state index in [1.54, 1.807) is 18.2 Å². The minimum atomic E-state index is -0.390. The molecule has 9 heteroatoms. The van der Waals surface area contributed by atoms with E-state index in [9.17, 15) is 4.79 Å². The van der Waals surface area contributed by atoms with Crippen molar-refractivity contribution in [2.45, 2.75) is 6.54 Å². The van der Waals surface area contributed by atoms with Crippen LogP contribution in [0.15, 0.2) is 53.6 Å². The summed E-state index contributed by atoms with van der Waals surface area (Å²) in [7, 11) is 0. The van der Waals surface area contributed by atoms with Gasteiger partial charge in [0.05, 0.1) is 11.2 Å². The first-order valence-corrected chi connectivity index (χ1v) is 7.97. The van der Waals surface area contributed by atoms with E-state index in [0.717, 1.165) is 5.56 Å². The van der Waals surface area contributed by atoms with Crippen molar-refractivity contribution >= 4 is 35.3 Å². The Balaban J connectivity index is 1.58. The topological polar surface area (TPSA) is 85.1 Å². The van der Waals surface area contributed by atoms with Crippen molar-refractivity contribution in [2.75, 3.05) is 0 Å². The van der Waals surface area contributed by atoms with Gasteiger partial charge < -0.3 is 0 Å². The van der Waals surface area contributed by atoms with Crippen LogP contribution in [0.1, 0.15) is 5.56 Å². The van der Waals surface area contributed by atoms with Gasteiger partial charge in [-0.3, -0.25) is 4.79 Å². The van der Waals surface area contributed by atoms with Crippen molar-refractivity contribution in [1.29, 1.82) is 0 Å². The van der Waals surface area contributed by atoms with E-state index >= 15 is 0 Å². The number of tetrazole rings is 1. The molecule has 0 aliphatic heterocycles. The smallest absolute Gasteiger partial charge is 0.263 e. The lowest BCUT2D eigenvalue weighted by molar-refractivity contribution is -0.122. The quantitative estimate of drug-likeness (QED) is 0.549. The molecule has 0 atom stereocenters. The first-order valence-electron chi connectivity index (χ1n) is 7.22. The second kappa shape index (κ2) is 7.87. The van der Waals surface area contributed by atoms with Crippen LogP contribution in [0.2, 0.25) is 10.0 Å². The number of carbonyl (C=O) groups excluding carboxylic acids is 1. The minimum Gasteiger partial charge on any atom is -0.271 e. The maximum atomic E-state index is 11.9. The summed E-state index contributed by atoms with van der Waals surface area (Å²) in [6, 6.07) is 14.3. The lowest BCUT2D eigenvalue weighted by Crippen LogP contribution is -2.24. The lowest BCUT2D eigenvalue weighted by Gasteiger charge is -2.00. The highest BCUT2D eigenvalue weighted by molar-refractivity contribution is 6.36. The molecule has 7 nitrogen and oxygen atoms in total. The van der Waals surface area contributed by atoms with Crippen LogP contribution in [0.25, 0.3) is 11.4 Å². The molecule has 0 radical (unpaired) electrons. The van der Waals surface area contributed by atoms with Crippen molar-refractivity contribution in [3.63, 3.8) is 0 Å². The number of hydrazone groups is 1. The molecule has 0 saturated carbocycles. The largest absolute Gasteiger partial charge is 0.271 e. The average molecular weight is 375 g/mol. The average Bonchev–Trinajstić information content (AvgIpc) is 3.06.